The van der Waals surface area contributed by atoms with E-state index < -0.39 is 0 Å². The van der Waals surface area contributed by atoms with E-state index >= 15 is 0 Å². The third-order valence-corrected chi connectivity index (χ3v) is 6.46. The number of fused-ring (bicyclic) bond motifs is 1. The molecule has 1 fully saturated rings. The van der Waals surface area contributed by atoms with Gasteiger partial charge in [0.25, 0.3) is 0 Å². The SMILES string of the molecule is CC(=O)NC1CN(c2nnc(-c3cnc(-c4ccc5cc(C#N)cnn45)cc3NC(C)C)s2)C1. The van der Waals surface area contributed by atoms with Crippen molar-refractivity contribution in [1.29, 1.82) is 5.26 Å². The van der Waals surface area contributed by atoms with Crippen LogP contribution in [0.25, 0.3) is 27.5 Å². The van der Waals surface area contributed by atoms with Crippen LogP contribution in [0.2, 0.25) is 0 Å². The number of amides is 1. The van der Waals surface area contributed by atoms with Crippen molar-refractivity contribution in [1.82, 2.24) is 30.1 Å². The van der Waals surface area contributed by atoms with Gasteiger partial charge in [0.15, 0.2) is 5.01 Å². The number of carbonyl (C=O) groups excluding carboxylic acids is 1. The third kappa shape index (κ3) is 4.15. The van der Waals surface area contributed by atoms with Crippen LogP contribution in [0.3, 0.4) is 0 Å². The minimum absolute atomic E-state index is 0.0189. The van der Waals surface area contributed by atoms with Gasteiger partial charge in [0.1, 0.15) is 6.07 Å². The van der Waals surface area contributed by atoms with E-state index in [0.717, 1.165) is 51.4 Å². The Kier molecular flexibility index (Phi) is 5.59. The minimum atomic E-state index is -0.0189. The Morgan fingerprint density at radius 2 is 2.06 bits per heavy atom. The molecule has 0 saturated carbocycles. The molecule has 5 rings (SSSR count). The quantitative estimate of drug-likeness (QED) is 0.438. The molecule has 2 N–H and O–H groups in total. The number of nitrogens with one attached hydrogen (secondary N) is 2. The van der Waals surface area contributed by atoms with E-state index in [2.05, 4.69) is 50.7 Å². The zero-order valence-electron chi connectivity index (χ0n) is 19.0. The van der Waals surface area contributed by atoms with Crippen molar-refractivity contribution >= 4 is 33.6 Å². The second-order valence-electron chi connectivity index (χ2n) is 8.52. The monoisotopic (exact) mass is 473 g/mol. The molecule has 1 saturated heterocycles. The second-order valence-corrected chi connectivity index (χ2v) is 9.47. The molecule has 1 aliphatic rings. The Labute approximate surface area is 200 Å². The molecule has 10 nitrogen and oxygen atoms in total. The number of nitrogens with zero attached hydrogens (tertiary/aromatic N) is 7. The summed E-state index contributed by atoms with van der Waals surface area (Å²) in [7, 11) is 0. The van der Waals surface area contributed by atoms with E-state index in [1.807, 2.05) is 24.4 Å². The first-order valence-corrected chi connectivity index (χ1v) is 11.7. The van der Waals surface area contributed by atoms with Crippen LogP contribution in [0.1, 0.15) is 26.3 Å². The Morgan fingerprint density at radius 1 is 1.24 bits per heavy atom. The first kappa shape index (κ1) is 21.8. The van der Waals surface area contributed by atoms with Crippen LogP contribution in [-0.4, -0.2) is 55.9 Å². The fourth-order valence-corrected chi connectivity index (χ4v) is 4.80. The van der Waals surface area contributed by atoms with Gasteiger partial charge in [-0.1, -0.05) is 11.3 Å². The Bertz CT molecular complexity index is 1410. The highest BCUT2D eigenvalue weighted by Crippen LogP contribution is 2.36. The molecule has 0 atom stereocenters. The summed E-state index contributed by atoms with van der Waals surface area (Å²) in [4.78, 5) is 18.0. The van der Waals surface area contributed by atoms with Gasteiger partial charge in [0, 0.05) is 37.9 Å². The highest BCUT2D eigenvalue weighted by molar-refractivity contribution is 7.18. The van der Waals surface area contributed by atoms with Gasteiger partial charge in [-0.2, -0.15) is 10.4 Å². The summed E-state index contributed by atoms with van der Waals surface area (Å²) in [6.07, 6.45) is 3.36. The largest absolute Gasteiger partial charge is 0.382 e. The number of aromatic nitrogens is 5. The van der Waals surface area contributed by atoms with Gasteiger partial charge in [-0.25, -0.2) is 4.52 Å². The first-order valence-electron chi connectivity index (χ1n) is 10.9. The molecular formula is C23H23N9OS. The Balaban J connectivity index is 1.45. The van der Waals surface area contributed by atoms with Crippen molar-refractivity contribution in [3.8, 4) is 28.0 Å². The molecule has 0 bridgehead atoms. The molecule has 1 amide bonds. The summed E-state index contributed by atoms with van der Waals surface area (Å²) >= 11 is 1.50. The molecule has 0 unspecified atom stereocenters. The number of hydrogen-bond donors (Lipinski definition) is 2. The van der Waals surface area contributed by atoms with Crippen molar-refractivity contribution in [2.75, 3.05) is 23.3 Å². The summed E-state index contributed by atoms with van der Waals surface area (Å²) in [6, 6.07) is 10.1. The van der Waals surface area contributed by atoms with Crippen molar-refractivity contribution in [3.63, 3.8) is 0 Å². The molecule has 172 valence electrons. The van der Waals surface area contributed by atoms with Gasteiger partial charge in [-0.15, -0.1) is 10.2 Å². The fraction of sp³-hybridized carbons (Fsp3) is 0.304. The van der Waals surface area contributed by atoms with Crippen LogP contribution in [-0.2, 0) is 4.79 Å². The molecule has 5 heterocycles. The maximum atomic E-state index is 11.2. The highest BCUT2D eigenvalue weighted by Gasteiger charge is 2.30. The molecular weight excluding hydrogens is 450 g/mol. The molecule has 0 aromatic carbocycles. The van der Waals surface area contributed by atoms with Crippen LogP contribution >= 0.6 is 11.3 Å². The molecule has 0 spiro atoms. The van der Waals surface area contributed by atoms with Gasteiger partial charge in [-0.3, -0.25) is 9.78 Å². The van der Waals surface area contributed by atoms with Gasteiger partial charge < -0.3 is 15.5 Å². The number of hydrogen-bond acceptors (Lipinski definition) is 9. The number of anilines is 2. The molecule has 11 heteroatoms. The van der Waals surface area contributed by atoms with Gasteiger partial charge in [0.05, 0.1) is 40.3 Å². The zero-order valence-corrected chi connectivity index (χ0v) is 19.8. The summed E-state index contributed by atoms with van der Waals surface area (Å²) in [6.45, 7) is 7.14. The van der Waals surface area contributed by atoms with Crippen molar-refractivity contribution in [2.45, 2.75) is 32.9 Å². The van der Waals surface area contributed by atoms with Crippen LogP contribution in [0.5, 0.6) is 0 Å². The Morgan fingerprint density at radius 3 is 2.79 bits per heavy atom. The maximum Gasteiger partial charge on any atom is 0.217 e. The average Bonchev–Trinajstić information content (AvgIpc) is 3.42. The first-order chi connectivity index (χ1) is 16.4. The molecule has 0 aliphatic carbocycles. The lowest BCUT2D eigenvalue weighted by atomic mass is 10.1. The lowest BCUT2D eigenvalue weighted by molar-refractivity contribution is -0.119. The predicted molar refractivity (Wildman–Crippen MR) is 131 cm³/mol. The second kappa shape index (κ2) is 8.72. The van der Waals surface area contributed by atoms with E-state index in [9.17, 15) is 4.79 Å². The van der Waals surface area contributed by atoms with Crippen molar-refractivity contribution in [2.24, 2.45) is 0 Å². The molecule has 4 aromatic heterocycles. The molecule has 4 aromatic rings. The van der Waals surface area contributed by atoms with E-state index in [-0.39, 0.29) is 18.0 Å². The van der Waals surface area contributed by atoms with Gasteiger partial charge in [0.2, 0.25) is 11.0 Å². The maximum absolute atomic E-state index is 11.2. The number of carbonyl (C=O) groups is 1. The predicted octanol–water partition coefficient (Wildman–Crippen LogP) is 2.93. The summed E-state index contributed by atoms with van der Waals surface area (Å²) in [5.41, 5.74) is 4.72. The van der Waals surface area contributed by atoms with E-state index in [1.54, 1.807) is 16.8 Å². The topological polar surface area (TPSA) is 124 Å². The fourth-order valence-electron chi connectivity index (χ4n) is 3.92. The third-order valence-electron chi connectivity index (χ3n) is 5.44. The molecule has 1 aliphatic heterocycles. The molecule has 34 heavy (non-hydrogen) atoms. The van der Waals surface area contributed by atoms with Crippen LogP contribution < -0.4 is 15.5 Å². The van der Waals surface area contributed by atoms with E-state index in [0.29, 0.717) is 5.56 Å². The van der Waals surface area contributed by atoms with Crippen LogP contribution in [0.4, 0.5) is 10.8 Å². The lowest BCUT2D eigenvalue weighted by Gasteiger charge is -2.38. The van der Waals surface area contributed by atoms with Crippen LogP contribution in [0, 0.1) is 11.3 Å². The minimum Gasteiger partial charge on any atom is -0.382 e. The van der Waals surface area contributed by atoms with Gasteiger partial charge in [-0.05, 0) is 38.1 Å². The number of pyridine rings is 1. The highest BCUT2D eigenvalue weighted by atomic mass is 32.1. The Hall–Kier alpha value is -4.04. The summed E-state index contributed by atoms with van der Waals surface area (Å²) < 4.78 is 1.78. The van der Waals surface area contributed by atoms with E-state index in [1.165, 1.54) is 18.3 Å². The van der Waals surface area contributed by atoms with E-state index in [4.69, 9.17) is 10.2 Å². The summed E-state index contributed by atoms with van der Waals surface area (Å²) in [5, 5.41) is 30.3. The van der Waals surface area contributed by atoms with Gasteiger partial charge >= 0.3 is 0 Å². The van der Waals surface area contributed by atoms with Crippen LogP contribution in [0.15, 0.2) is 36.7 Å². The summed E-state index contributed by atoms with van der Waals surface area (Å²) in [5.74, 6) is -0.0189. The normalized spacial score (nSPS) is 13.7. The molecule has 0 radical (unpaired) electrons. The van der Waals surface area contributed by atoms with Crippen molar-refractivity contribution in [3.05, 3.63) is 42.2 Å². The smallest absolute Gasteiger partial charge is 0.217 e. The zero-order chi connectivity index (χ0) is 23.8. The lowest BCUT2D eigenvalue weighted by Crippen LogP contribution is -2.59. The number of rotatable bonds is 6. The van der Waals surface area contributed by atoms with Crippen molar-refractivity contribution < 1.29 is 4.79 Å². The number of nitriles is 1. The average molecular weight is 474 g/mol. The standard InChI is InChI=1S/C23H23N9OS/c1-13(2)27-19-7-20(21-5-4-17-6-15(8-24)9-26-32(17)21)25-10-18(19)22-29-30-23(34-22)31-11-16(12-31)28-14(3)33/h4-7,9-10,13,16H,11-12H2,1-3H3,(H,25,27)(H,28,33).